The normalized spacial score (nSPS) is 19.8. The van der Waals surface area contributed by atoms with E-state index in [2.05, 4.69) is 10.0 Å². The van der Waals surface area contributed by atoms with E-state index in [1.165, 1.54) is 0 Å². The predicted molar refractivity (Wildman–Crippen MR) is 71.6 cm³/mol. The maximum atomic E-state index is 12.0. The SMILES string of the molecule is Cc1cc(S(=O)(=O)NCC2CCCN2)c(C)o1.Cl. The molecule has 1 saturated heterocycles. The molecule has 2 rings (SSSR count). The lowest BCUT2D eigenvalue weighted by Crippen LogP contribution is -2.37. The molecule has 1 aromatic heterocycles. The average molecular weight is 295 g/mol. The van der Waals surface area contributed by atoms with Crippen LogP contribution in [0.25, 0.3) is 0 Å². The minimum Gasteiger partial charge on any atom is -0.465 e. The molecule has 0 saturated carbocycles. The van der Waals surface area contributed by atoms with Gasteiger partial charge in [-0.3, -0.25) is 0 Å². The number of halogens is 1. The first-order valence-electron chi connectivity index (χ1n) is 5.79. The summed E-state index contributed by atoms with van der Waals surface area (Å²) in [5, 5.41) is 3.25. The van der Waals surface area contributed by atoms with E-state index in [-0.39, 0.29) is 23.3 Å². The van der Waals surface area contributed by atoms with Crippen molar-refractivity contribution in [3.8, 4) is 0 Å². The molecule has 1 unspecified atom stereocenters. The van der Waals surface area contributed by atoms with Crippen molar-refractivity contribution in [2.24, 2.45) is 0 Å². The summed E-state index contributed by atoms with van der Waals surface area (Å²) in [6.07, 6.45) is 2.13. The number of hydrogen-bond donors (Lipinski definition) is 2. The third-order valence-electron chi connectivity index (χ3n) is 2.97. The topological polar surface area (TPSA) is 71.3 Å². The summed E-state index contributed by atoms with van der Waals surface area (Å²) in [6, 6.07) is 1.80. The second-order valence-electron chi connectivity index (χ2n) is 4.42. The Bertz CT molecular complexity index is 492. The molecule has 0 amide bonds. The highest BCUT2D eigenvalue weighted by atomic mass is 35.5. The predicted octanol–water partition coefficient (Wildman–Crippen LogP) is 1.35. The lowest BCUT2D eigenvalue weighted by atomic mass is 10.2. The molecule has 1 fully saturated rings. The largest absolute Gasteiger partial charge is 0.465 e. The summed E-state index contributed by atoms with van der Waals surface area (Å²) in [6.45, 7) is 4.81. The molecule has 2 N–H and O–H groups in total. The van der Waals surface area contributed by atoms with E-state index < -0.39 is 10.0 Å². The van der Waals surface area contributed by atoms with Gasteiger partial charge in [0.05, 0.1) is 0 Å². The van der Waals surface area contributed by atoms with Crippen LogP contribution in [0.4, 0.5) is 0 Å². The van der Waals surface area contributed by atoms with E-state index >= 15 is 0 Å². The number of hydrogen-bond acceptors (Lipinski definition) is 4. The number of furan rings is 1. The monoisotopic (exact) mass is 294 g/mol. The van der Waals surface area contributed by atoms with Crippen molar-refractivity contribution in [3.05, 3.63) is 17.6 Å². The van der Waals surface area contributed by atoms with Gasteiger partial charge in [-0.15, -0.1) is 12.4 Å². The highest BCUT2D eigenvalue weighted by Crippen LogP contribution is 2.19. The third kappa shape index (κ3) is 3.47. The molecule has 2 heterocycles. The Hall–Kier alpha value is -0.560. The molecule has 18 heavy (non-hydrogen) atoms. The van der Waals surface area contributed by atoms with E-state index in [9.17, 15) is 8.42 Å². The van der Waals surface area contributed by atoms with Gasteiger partial charge in [0.2, 0.25) is 10.0 Å². The first-order chi connectivity index (χ1) is 7.99. The molecule has 0 spiro atoms. The van der Waals surface area contributed by atoms with Crippen LogP contribution in [-0.4, -0.2) is 27.5 Å². The molecule has 5 nitrogen and oxygen atoms in total. The van der Waals surface area contributed by atoms with Crippen LogP contribution in [0.1, 0.15) is 24.4 Å². The van der Waals surface area contributed by atoms with Crippen LogP contribution in [0, 0.1) is 13.8 Å². The Balaban J connectivity index is 0.00000162. The molecule has 1 aliphatic rings. The van der Waals surface area contributed by atoms with Crippen LogP contribution in [0.5, 0.6) is 0 Å². The van der Waals surface area contributed by atoms with Crippen LogP contribution in [0.15, 0.2) is 15.4 Å². The van der Waals surface area contributed by atoms with Crippen molar-refractivity contribution in [1.82, 2.24) is 10.0 Å². The van der Waals surface area contributed by atoms with E-state index in [1.54, 1.807) is 19.9 Å². The smallest absolute Gasteiger partial charge is 0.244 e. The highest BCUT2D eigenvalue weighted by Gasteiger charge is 2.22. The third-order valence-corrected chi connectivity index (χ3v) is 4.50. The van der Waals surface area contributed by atoms with Crippen LogP contribution in [0.2, 0.25) is 0 Å². The lowest BCUT2D eigenvalue weighted by molar-refractivity contribution is 0.495. The molecule has 104 valence electrons. The summed E-state index contributed by atoms with van der Waals surface area (Å²) in [5.41, 5.74) is 0. The molecule has 0 bridgehead atoms. The van der Waals surface area contributed by atoms with Crippen molar-refractivity contribution in [3.63, 3.8) is 0 Å². The first-order valence-corrected chi connectivity index (χ1v) is 7.27. The molecule has 1 atom stereocenters. The molecule has 7 heteroatoms. The van der Waals surface area contributed by atoms with Crippen LogP contribution < -0.4 is 10.0 Å². The summed E-state index contributed by atoms with van der Waals surface area (Å²) in [5.74, 6) is 1.05. The quantitative estimate of drug-likeness (QED) is 0.879. The highest BCUT2D eigenvalue weighted by molar-refractivity contribution is 7.89. The molecule has 0 radical (unpaired) electrons. The summed E-state index contributed by atoms with van der Waals surface area (Å²) < 4.78 is 31.9. The summed E-state index contributed by atoms with van der Waals surface area (Å²) in [7, 11) is -3.44. The molecular formula is C11H19ClN2O3S. The molecule has 0 aromatic carbocycles. The van der Waals surface area contributed by atoms with Crippen molar-refractivity contribution < 1.29 is 12.8 Å². The van der Waals surface area contributed by atoms with E-state index in [0.29, 0.717) is 18.1 Å². The second-order valence-corrected chi connectivity index (χ2v) is 6.16. The van der Waals surface area contributed by atoms with Gasteiger partial charge in [0, 0.05) is 12.6 Å². The van der Waals surface area contributed by atoms with Crippen LogP contribution in [0.3, 0.4) is 0 Å². The Morgan fingerprint density at radius 2 is 2.22 bits per heavy atom. The average Bonchev–Trinajstić information content (AvgIpc) is 2.85. The van der Waals surface area contributed by atoms with Gasteiger partial charge in [-0.1, -0.05) is 0 Å². The fourth-order valence-corrected chi connectivity index (χ4v) is 3.41. The molecular weight excluding hydrogens is 276 g/mol. The Morgan fingerprint density at radius 3 is 2.72 bits per heavy atom. The molecule has 1 aromatic rings. The van der Waals surface area contributed by atoms with E-state index in [1.807, 2.05) is 0 Å². The van der Waals surface area contributed by atoms with Gasteiger partial charge in [0.25, 0.3) is 0 Å². The zero-order chi connectivity index (χ0) is 12.5. The van der Waals surface area contributed by atoms with Gasteiger partial charge in [0.15, 0.2) is 0 Å². The zero-order valence-corrected chi connectivity index (χ0v) is 12.2. The standard InChI is InChI=1S/C11H18N2O3S.ClH/c1-8-6-11(9(2)16-8)17(14,15)13-7-10-4-3-5-12-10;/h6,10,12-13H,3-5,7H2,1-2H3;1H. The maximum Gasteiger partial charge on any atom is 0.244 e. The number of nitrogens with one attached hydrogen (secondary N) is 2. The number of sulfonamides is 1. The van der Waals surface area contributed by atoms with Crippen LogP contribution >= 0.6 is 12.4 Å². The van der Waals surface area contributed by atoms with E-state index in [4.69, 9.17) is 4.42 Å². The number of rotatable bonds is 4. The Morgan fingerprint density at radius 1 is 1.50 bits per heavy atom. The minimum atomic E-state index is -3.44. The first kappa shape index (κ1) is 15.5. The van der Waals surface area contributed by atoms with Crippen molar-refractivity contribution >= 4 is 22.4 Å². The molecule has 0 aliphatic carbocycles. The van der Waals surface area contributed by atoms with Gasteiger partial charge in [-0.2, -0.15) is 0 Å². The lowest BCUT2D eigenvalue weighted by Gasteiger charge is -2.11. The van der Waals surface area contributed by atoms with E-state index in [0.717, 1.165) is 19.4 Å². The summed E-state index contributed by atoms with van der Waals surface area (Å²) in [4.78, 5) is 0.244. The number of aryl methyl sites for hydroxylation is 2. The fraction of sp³-hybridized carbons (Fsp3) is 0.636. The van der Waals surface area contributed by atoms with Crippen molar-refractivity contribution in [2.75, 3.05) is 13.1 Å². The fourth-order valence-electron chi connectivity index (χ4n) is 2.09. The summed E-state index contributed by atoms with van der Waals surface area (Å²) >= 11 is 0. The van der Waals surface area contributed by atoms with Gasteiger partial charge in [0.1, 0.15) is 16.4 Å². The van der Waals surface area contributed by atoms with Crippen molar-refractivity contribution in [1.29, 1.82) is 0 Å². The van der Waals surface area contributed by atoms with Gasteiger partial charge in [-0.25, -0.2) is 13.1 Å². The second kappa shape index (κ2) is 6.06. The van der Waals surface area contributed by atoms with Crippen molar-refractivity contribution in [2.45, 2.75) is 37.6 Å². The van der Waals surface area contributed by atoms with Crippen LogP contribution in [-0.2, 0) is 10.0 Å². The van der Waals surface area contributed by atoms with Gasteiger partial charge < -0.3 is 9.73 Å². The Kier molecular flexibility index (Phi) is 5.21. The zero-order valence-electron chi connectivity index (χ0n) is 10.5. The molecule has 1 aliphatic heterocycles. The minimum absolute atomic E-state index is 0. The Labute approximate surface area is 114 Å². The van der Waals surface area contributed by atoms with Gasteiger partial charge >= 0.3 is 0 Å². The van der Waals surface area contributed by atoms with Gasteiger partial charge in [-0.05, 0) is 39.3 Å². The maximum absolute atomic E-state index is 12.0.